The van der Waals surface area contributed by atoms with Crippen molar-refractivity contribution in [3.05, 3.63) is 51.1 Å². The molecule has 1 heterocycles. The quantitative estimate of drug-likeness (QED) is 0.706. The highest BCUT2D eigenvalue weighted by Gasteiger charge is 2.17. The van der Waals surface area contributed by atoms with Gasteiger partial charge in [-0.1, -0.05) is 22.0 Å². The third-order valence-corrected chi connectivity index (χ3v) is 4.64. The zero-order valence-corrected chi connectivity index (χ0v) is 15.2. The monoisotopic (exact) mass is 395 g/mol. The number of halogens is 1. The Kier molecular flexibility index (Phi) is 6.80. The van der Waals surface area contributed by atoms with E-state index in [1.165, 1.54) is 4.88 Å². The minimum absolute atomic E-state index is 0.313. The van der Waals surface area contributed by atoms with Gasteiger partial charge in [0, 0.05) is 21.5 Å². The highest BCUT2D eigenvalue weighted by atomic mass is 79.9. The molecule has 0 unspecified atom stereocenters. The van der Waals surface area contributed by atoms with E-state index in [2.05, 4.69) is 21.2 Å². The summed E-state index contributed by atoms with van der Waals surface area (Å²) < 4.78 is 6.10. The molecule has 6 heteroatoms. The fourth-order valence-corrected chi connectivity index (χ4v) is 2.96. The van der Waals surface area contributed by atoms with Crippen LogP contribution in [-0.2, 0) is 20.7 Å². The van der Waals surface area contributed by atoms with Crippen molar-refractivity contribution in [3.63, 3.8) is 0 Å². The van der Waals surface area contributed by atoms with Gasteiger partial charge < -0.3 is 10.1 Å². The number of anilines is 1. The molecule has 1 amide bonds. The van der Waals surface area contributed by atoms with Crippen LogP contribution in [-0.4, -0.2) is 18.0 Å². The summed E-state index contributed by atoms with van der Waals surface area (Å²) in [6, 6.07) is 11.2. The molecule has 0 fully saturated rings. The summed E-state index contributed by atoms with van der Waals surface area (Å²) in [6.45, 7) is 1.57. The van der Waals surface area contributed by atoms with Gasteiger partial charge in [-0.15, -0.1) is 11.3 Å². The van der Waals surface area contributed by atoms with Crippen LogP contribution >= 0.6 is 27.3 Å². The third-order valence-electron chi connectivity index (χ3n) is 3.17. The van der Waals surface area contributed by atoms with Gasteiger partial charge in [0.1, 0.15) is 0 Å². The summed E-state index contributed by atoms with van der Waals surface area (Å²) in [5.74, 6) is -0.682. The highest BCUT2D eigenvalue weighted by molar-refractivity contribution is 9.10. The van der Waals surface area contributed by atoms with Crippen LogP contribution in [0.2, 0.25) is 0 Å². The van der Waals surface area contributed by atoms with Gasteiger partial charge >= 0.3 is 5.97 Å². The summed E-state index contributed by atoms with van der Waals surface area (Å²) in [4.78, 5) is 25.0. The number of ether oxygens (including phenoxy) is 1. The first-order chi connectivity index (χ1) is 11.0. The lowest BCUT2D eigenvalue weighted by Crippen LogP contribution is -2.29. The molecule has 0 radical (unpaired) electrons. The Morgan fingerprint density at radius 1 is 1.26 bits per heavy atom. The van der Waals surface area contributed by atoms with E-state index in [1.54, 1.807) is 30.4 Å². The third kappa shape index (κ3) is 6.15. The Bertz CT molecular complexity index is 640. The summed E-state index contributed by atoms with van der Waals surface area (Å²) in [7, 11) is 0. The van der Waals surface area contributed by atoms with Crippen molar-refractivity contribution < 1.29 is 14.3 Å². The summed E-state index contributed by atoms with van der Waals surface area (Å²) >= 11 is 5.01. The van der Waals surface area contributed by atoms with Crippen molar-refractivity contribution in [2.45, 2.75) is 32.3 Å². The normalized spacial score (nSPS) is 11.7. The first kappa shape index (κ1) is 17.7. The molecule has 2 aromatic rings. The van der Waals surface area contributed by atoms with E-state index in [9.17, 15) is 9.59 Å². The standard InChI is InChI=1S/C17H18BrNO3S/c1-12(17(21)19-14-9-7-13(18)8-10-14)22-16(20)6-2-4-15-5-3-11-23-15/h3,5,7-12H,2,4,6H2,1H3,(H,19,21)/t12-/m1/s1. The fourth-order valence-electron chi connectivity index (χ4n) is 1.95. The van der Waals surface area contributed by atoms with Crippen LogP contribution in [0.1, 0.15) is 24.6 Å². The Morgan fingerprint density at radius 2 is 2.00 bits per heavy atom. The molecule has 0 bridgehead atoms. The van der Waals surface area contributed by atoms with Crippen LogP contribution in [0.15, 0.2) is 46.3 Å². The number of esters is 1. The second kappa shape index (κ2) is 8.84. The number of hydrogen-bond acceptors (Lipinski definition) is 4. The van der Waals surface area contributed by atoms with E-state index in [4.69, 9.17) is 4.74 Å². The van der Waals surface area contributed by atoms with Crippen molar-refractivity contribution in [2.24, 2.45) is 0 Å². The van der Waals surface area contributed by atoms with Gasteiger partial charge in [0.25, 0.3) is 5.91 Å². The molecule has 0 aliphatic carbocycles. The average Bonchev–Trinajstić information content (AvgIpc) is 3.02. The zero-order chi connectivity index (χ0) is 16.7. The summed E-state index contributed by atoms with van der Waals surface area (Å²) in [5.41, 5.74) is 0.666. The molecule has 122 valence electrons. The lowest BCUT2D eigenvalue weighted by molar-refractivity contribution is -0.153. The molecule has 0 aliphatic rings. The first-order valence-corrected chi connectivity index (χ1v) is 9.00. The van der Waals surface area contributed by atoms with Gasteiger partial charge in [0.05, 0.1) is 0 Å². The van der Waals surface area contributed by atoms with Crippen molar-refractivity contribution in [1.29, 1.82) is 0 Å². The number of thiophene rings is 1. The highest BCUT2D eigenvalue weighted by Crippen LogP contribution is 2.15. The fraction of sp³-hybridized carbons (Fsp3) is 0.294. The minimum Gasteiger partial charge on any atom is -0.453 e. The average molecular weight is 396 g/mol. The first-order valence-electron chi connectivity index (χ1n) is 7.33. The van der Waals surface area contributed by atoms with Crippen molar-refractivity contribution >= 4 is 44.8 Å². The molecule has 1 aromatic carbocycles. The number of carbonyl (C=O) groups excluding carboxylic acids is 2. The topological polar surface area (TPSA) is 55.4 Å². The summed E-state index contributed by atoms with van der Waals surface area (Å²) in [5, 5.41) is 4.73. The minimum atomic E-state index is -0.812. The number of rotatable bonds is 7. The molecule has 23 heavy (non-hydrogen) atoms. The molecule has 1 atom stereocenters. The van der Waals surface area contributed by atoms with Crippen LogP contribution < -0.4 is 5.32 Å². The number of benzene rings is 1. The SMILES string of the molecule is C[C@@H](OC(=O)CCCc1cccs1)C(=O)Nc1ccc(Br)cc1. The van der Waals surface area contributed by atoms with Crippen molar-refractivity contribution in [1.82, 2.24) is 0 Å². The molecule has 0 saturated heterocycles. The molecular formula is C17H18BrNO3S. The van der Waals surface area contributed by atoms with Crippen LogP contribution in [0.4, 0.5) is 5.69 Å². The molecule has 0 aliphatic heterocycles. The number of amides is 1. The Balaban J connectivity index is 1.71. The van der Waals surface area contributed by atoms with Crippen LogP contribution in [0, 0.1) is 0 Å². The van der Waals surface area contributed by atoms with E-state index < -0.39 is 6.10 Å². The maximum atomic E-state index is 12.0. The zero-order valence-electron chi connectivity index (χ0n) is 12.8. The van der Waals surface area contributed by atoms with E-state index in [1.807, 2.05) is 29.6 Å². The van der Waals surface area contributed by atoms with Crippen LogP contribution in [0.5, 0.6) is 0 Å². The second-order valence-corrected chi connectivity index (χ2v) is 7.01. The van der Waals surface area contributed by atoms with Crippen molar-refractivity contribution in [2.75, 3.05) is 5.32 Å². The predicted octanol–water partition coefficient (Wildman–Crippen LogP) is 4.40. The van der Waals surface area contributed by atoms with E-state index in [0.29, 0.717) is 12.1 Å². The van der Waals surface area contributed by atoms with Crippen LogP contribution in [0.25, 0.3) is 0 Å². The van der Waals surface area contributed by atoms with Gasteiger partial charge in [0.15, 0.2) is 6.10 Å². The van der Waals surface area contributed by atoms with E-state index in [0.717, 1.165) is 17.3 Å². The molecular weight excluding hydrogens is 378 g/mol. The molecule has 1 aromatic heterocycles. The van der Waals surface area contributed by atoms with Gasteiger partial charge in [-0.2, -0.15) is 0 Å². The molecule has 4 nitrogen and oxygen atoms in total. The molecule has 0 spiro atoms. The van der Waals surface area contributed by atoms with Gasteiger partial charge in [-0.25, -0.2) is 0 Å². The number of aryl methyl sites for hydroxylation is 1. The maximum Gasteiger partial charge on any atom is 0.306 e. The smallest absolute Gasteiger partial charge is 0.306 e. The number of nitrogens with one attached hydrogen (secondary N) is 1. The molecule has 2 rings (SSSR count). The number of carbonyl (C=O) groups is 2. The molecule has 0 saturated carbocycles. The maximum absolute atomic E-state index is 12.0. The Hall–Kier alpha value is -1.66. The van der Waals surface area contributed by atoms with Gasteiger partial charge in [-0.3, -0.25) is 9.59 Å². The predicted molar refractivity (Wildman–Crippen MR) is 95.6 cm³/mol. The Morgan fingerprint density at radius 3 is 2.65 bits per heavy atom. The van der Waals surface area contributed by atoms with E-state index >= 15 is 0 Å². The Labute approximate surface area is 148 Å². The largest absolute Gasteiger partial charge is 0.453 e. The molecule has 1 N–H and O–H groups in total. The summed E-state index contributed by atoms with van der Waals surface area (Å²) in [6.07, 6.45) is 1.08. The van der Waals surface area contributed by atoms with E-state index in [-0.39, 0.29) is 11.9 Å². The van der Waals surface area contributed by atoms with Crippen molar-refractivity contribution in [3.8, 4) is 0 Å². The lowest BCUT2D eigenvalue weighted by Gasteiger charge is -2.13. The van der Waals surface area contributed by atoms with Crippen LogP contribution in [0.3, 0.4) is 0 Å². The van der Waals surface area contributed by atoms with Gasteiger partial charge in [-0.05, 0) is 55.5 Å². The number of hydrogen-bond donors (Lipinski definition) is 1. The second-order valence-electron chi connectivity index (χ2n) is 5.06. The lowest BCUT2D eigenvalue weighted by atomic mass is 10.2. The van der Waals surface area contributed by atoms with Gasteiger partial charge in [0.2, 0.25) is 0 Å².